The molecule has 0 spiro atoms. The second kappa shape index (κ2) is 28.5. The Balaban J connectivity index is 1.25. The van der Waals surface area contributed by atoms with E-state index >= 15 is 0 Å². The number of nitrogens with zero attached hydrogens (tertiary/aromatic N) is 3. The van der Waals surface area contributed by atoms with Crippen molar-refractivity contribution in [3.63, 3.8) is 0 Å². The summed E-state index contributed by atoms with van der Waals surface area (Å²) in [7, 11) is 6.12. The predicted octanol–water partition coefficient (Wildman–Crippen LogP) is 3.99. The van der Waals surface area contributed by atoms with Gasteiger partial charge in [-0.2, -0.15) is 0 Å². The molecule has 3 unspecified atom stereocenters. The first-order valence-electron chi connectivity index (χ1n) is 26.9. The number of nitrogens with one attached hydrogen (secondary N) is 2. The van der Waals surface area contributed by atoms with E-state index in [1.807, 2.05) is 45.9 Å². The van der Waals surface area contributed by atoms with Crippen LogP contribution in [-0.2, 0) is 51.3 Å². The van der Waals surface area contributed by atoms with Crippen molar-refractivity contribution in [2.24, 2.45) is 29.4 Å². The molecule has 0 radical (unpaired) electrons. The molecule has 14 atom stereocenters. The van der Waals surface area contributed by atoms with Crippen LogP contribution in [-0.4, -0.2) is 173 Å². The molecule has 5 amide bonds. The van der Waals surface area contributed by atoms with Crippen LogP contribution >= 0.6 is 0 Å². The maximum Gasteiger partial charge on any atom is 0.410 e. The molecule has 2 aromatic carbocycles. The number of carbonyl (C=O) groups is 5. The summed E-state index contributed by atoms with van der Waals surface area (Å²) in [5.41, 5.74) is 7.36. The van der Waals surface area contributed by atoms with Gasteiger partial charge in [-0.25, -0.2) is 4.79 Å². The number of carbonyl (C=O) groups excluding carboxylic acids is 5. The fraction of sp³-hybridized carbons (Fsp3) is 0.661. The second-order valence-electron chi connectivity index (χ2n) is 21.4. The maximum absolute atomic E-state index is 14.8. The molecule has 77 heavy (non-hydrogen) atoms. The van der Waals surface area contributed by atoms with E-state index in [1.165, 1.54) is 26.2 Å². The van der Waals surface area contributed by atoms with Gasteiger partial charge in [-0.1, -0.05) is 85.2 Å². The van der Waals surface area contributed by atoms with Gasteiger partial charge in [0, 0.05) is 46.8 Å². The van der Waals surface area contributed by atoms with Gasteiger partial charge in [-0.3, -0.25) is 24.1 Å². The van der Waals surface area contributed by atoms with Crippen molar-refractivity contribution >= 4 is 40.7 Å². The molecule has 2 fully saturated rings. The molecule has 3 heterocycles. The van der Waals surface area contributed by atoms with Crippen LogP contribution in [0, 0.1) is 23.7 Å². The first-order valence-corrected chi connectivity index (χ1v) is 26.9. The van der Waals surface area contributed by atoms with Crippen molar-refractivity contribution in [3.05, 3.63) is 65.4 Å². The number of amides is 5. The summed E-state index contributed by atoms with van der Waals surface area (Å²) in [6.07, 6.45) is -5.92. The van der Waals surface area contributed by atoms with Gasteiger partial charge in [0.15, 0.2) is 0 Å². The van der Waals surface area contributed by atoms with E-state index in [0.29, 0.717) is 59.4 Å². The van der Waals surface area contributed by atoms with Crippen LogP contribution in [0.5, 0.6) is 5.75 Å². The molecule has 430 valence electrons. The van der Waals surface area contributed by atoms with E-state index in [4.69, 9.17) is 33.8 Å². The first kappa shape index (κ1) is 62.5. The summed E-state index contributed by atoms with van der Waals surface area (Å²) >= 11 is 0. The molecule has 21 nitrogen and oxygen atoms in total. The Morgan fingerprint density at radius 1 is 0.909 bits per heavy atom. The zero-order valence-electron chi connectivity index (χ0n) is 46.9. The number of aliphatic hydroxyl groups excluding tert-OH is 4. The lowest BCUT2D eigenvalue weighted by atomic mass is 9.89. The number of nitrogens with two attached hydrogens (primary N) is 1. The summed E-state index contributed by atoms with van der Waals surface area (Å²) in [5, 5.41) is 47.5. The van der Waals surface area contributed by atoms with Crippen molar-refractivity contribution in [1.82, 2.24) is 25.3 Å². The molecule has 2 saturated heterocycles. The van der Waals surface area contributed by atoms with E-state index in [2.05, 4.69) is 10.6 Å². The lowest BCUT2D eigenvalue weighted by molar-refractivity contribution is -0.229. The number of furan rings is 1. The SMILES string of the molecule is CCC(C)[C@@H]([C@@H](CC(=O)N1CCC[C@H]1[C@H](OC)[C@@H](C)C(=O)NC(C)C(O)c1ccccc1)OC)N(C)C(=O)[C@@H](NC(=O)[C@H](C(C)C)N(C)C(=O)OCc1ccc(O[C@H]2C[C@@H](O)[C@@H](O)[C@@H](CO)O2)c2cc(CN)oc12)C(C)C. The number of methoxy groups -OCH3 is 2. The highest BCUT2D eigenvalue weighted by molar-refractivity contribution is 5.92. The van der Waals surface area contributed by atoms with Gasteiger partial charge in [0.2, 0.25) is 29.9 Å². The third kappa shape index (κ3) is 15.1. The van der Waals surface area contributed by atoms with E-state index in [0.717, 1.165) is 0 Å². The largest absolute Gasteiger partial charge is 0.464 e. The third-order valence-corrected chi connectivity index (χ3v) is 15.4. The van der Waals surface area contributed by atoms with Crippen LogP contribution in [0.15, 0.2) is 52.9 Å². The zero-order chi connectivity index (χ0) is 57.0. The maximum atomic E-state index is 14.8. The number of rotatable bonds is 26. The summed E-state index contributed by atoms with van der Waals surface area (Å²) in [6.45, 7) is 14.3. The topological polar surface area (TPSA) is 285 Å². The summed E-state index contributed by atoms with van der Waals surface area (Å²) in [6, 6.07) is 10.2. The first-order chi connectivity index (χ1) is 36.5. The lowest BCUT2D eigenvalue weighted by Gasteiger charge is -2.41. The second-order valence-corrected chi connectivity index (χ2v) is 21.4. The normalized spacial score (nSPS) is 22.3. The number of aliphatic hydroxyl groups is 4. The third-order valence-electron chi connectivity index (χ3n) is 15.4. The van der Waals surface area contributed by atoms with Crippen molar-refractivity contribution in [2.45, 2.75) is 174 Å². The molecule has 0 saturated carbocycles. The highest BCUT2D eigenvalue weighted by Crippen LogP contribution is 2.35. The number of benzene rings is 2. The molecule has 2 aliphatic heterocycles. The van der Waals surface area contributed by atoms with Gasteiger partial charge >= 0.3 is 6.09 Å². The average molecular weight is 1080 g/mol. The van der Waals surface area contributed by atoms with Crippen LogP contribution in [0.25, 0.3) is 11.0 Å². The molecule has 8 N–H and O–H groups in total. The number of fused-ring (bicyclic) bond motifs is 1. The van der Waals surface area contributed by atoms with Crippen LogP contribution in [0.1, 0.15) is 110 Å². The molecular weight excluding hydrogens is 997 g/mol. The number of hydrogen-bond donors (Lipinski definition) is 7. The van der Waals surface area contributed by atoms with E-state index in [-0.39, 0.29) is 43.7 Å². The highest BCUT2D eigenvalue weighted by Gasteiger charge is 2.44. The van der Waals surface area contributed by atoms with Gasteiger partial charge in [-0.05, 0) is 61.3 Å². The predicted molar refractivity (Wildman–Crippen MR) is 286 cm³/mol. The smallest absolute Gasteiger partial charge is 0.410 e. The minimum atomic E-state index is -1.29. The van der Waals surface area contributed by atoms with E-state index < -0.39 is 115 Å². The van der Waals surface area contributed by atoms with Gasteiger partial charge in [0.05, 0.1) is 73.4 Å². The van der Waals surface area contributed by atoms with Crippen molar-refractivity contribution < 1.29 is 72.5 Å². The monoisotopic (exact) mass is 1080 g/mol. The summed E-state index contributed by atoms with van der Waals surface area (Å²) < 4.78 is 35.5. The fourth-order valence-corrected chi connectivity index (χ4v) is 10.7. The molecule has 21 heteroatoms. The van der Waals surface area contributed by atoms with E-state index in [9.17, 15) is 44.4 Å². The number of likely N-dealkylation sites (N-methyl/N-ethyl adjacent to an activating group) is 2. The zero-order valence-corrected chi connectivity index (χ0v) is 46.9. The Hall–Kier alpha value is -5.39. The minimum Gasteiger partial charge on any atom is -0.464 e. The lowest BCUT2D eigenvalue weighted by Crippen LogP contribution is -2.60. The number of ether oxygens (including phenoxy) is 5. The van der Waals surface area contributed by atoms with Gasteiger partial charge in [0.25, 0.3) is 0 Å². The molecule has 2 aliphatic rings. The van der Waals surface area contributed by atoms with Crippen molar-refractivity contribution in [3.8, 4) is 5.75 Å². The average Bonchev–Trinajstić information content (AvgIpc) is 4.12. The van der Waals surface area contributed by atoms with E-state index in [1.54, 1.807) is 74.9 Å². The molecule has 1 aromatic heterocycles. The van der Waals surface area contributed by atoms with Crippen LogP contribution in [0.2, 0.25) is 0 Å². The number of hydrogen-bond acceptors (Lipinski definition) is 16. The van der Waals surface area contributed by atoms with Crippen LogP contribution in [0.4, 0.5) is 4.79 Å². The molecule has 3 aromatic rings. The Morgan fingerprint density at radius 2 is 1.60 bits per heavy atom. The Bertz CT molecular complexity index is 2410. The minimum absolute atomic E-state index is 0.0433. The van der Waals surface area contributed by atoms with Crippen molar-refractivity contribution in [2.75, 3.05) is 41.5 Å². The molecule has 5 rings (SSSR count). The fourth-order valence-electron chi connectivity index (χ4n) is 10.7. The Kier molecular flexibility index (Phi) is 23.1. The molecule has 0 bridgehead atoms. The Labute approximate surface area is 453 Å². The summed E-state index contributed by atoms with van der Waals surface area (Å²) in [5.74, 6) is -2.48. The van der Waals surface area contributed by atoms with Crippen LogP contribution < -0.4 is 21.1 Å². The highest BCUT2D eigenvalue weighted by atomic mass is 16.7. The van der Waals surface area contributed by atoms with Crippen LogP contribution in [0.3, 0.4) is 0 Å². The van der Waals surface area contributed by atoms with Crippen molar-refractivity contribution in [1.29, 1.82) is 0 Å². The number of likely N-dealkylation sites (tertiary alicyclic amines) is 1. The van der Waals surface area contributed by atoms with Gasteiger partial charge in [-0.15, -0.1) is 0 Å². The Morgan fingerprint density at radius 3 is 2.19 bits per heavy atom. The standard InChI is InChI=1S/C56H86N6O15/c1-13-32(6)48(42(72-11)26-44(65)62-23-17-20-39(62)51(73-12)33(7)53(68)58-34(8)49(66)35-18-15-14-16-19-35)60(9)55(70)46(30(2)3)59-54(69)47(31(4)5)61(10)56(71)74-29-36-21-22-41(38-24-37(27-57)75-52(36)38)76-45-25-40(64)50(67)43(28-63)77-45/h14-16,18-19,21-22,24,30-34,39-40,42-43,45-51,63-64,66-67H,13,17,20,23,25-29,57H2,1-12H3,(H,58,68)(H,59,69)/t32?,33-,34?,39+,40-,42-,43-,45-,46+,47+,48+,49?,50-,51-/m1/s1. The van der Waals surface area contributed by atoms with Gasteiger partial charge < -0.3 is 74.7 Å². The molecule has 0 aliphatic carbocycles. The summed E-state index contributed by atoms with van der Waals surface area (Å²) in [4.78, 5) is 75.5. The molecular formula is C56H86N6O15. The van der Waals surface area contributed by atoms with Gasteiger partial charge in [0.1, 0.15) is 48.0 Å². The quantitative estimate of drug-likeness (QED) is 0.0598.